The highest BCUT2D eigenvalue weighted by molar-refractivity contribution is 6.45. The molecule has 0 spiro atoms. The normalized spacial score (nSPS) is 18.7. The van der Waals surface area contributed by atoms with Crippen molar-refractivity contribution in [3.05, 3.63) is 47.0 Å². The zero-order chi connectivity index (χ0) is 21.4. The molecule has 2 atom stereocenters. The molecule has 0 unspecified atom stereocenters. The fourth-order valence-corrected chi connectivity index (χ4v) is 4.03. The second-order valence-electron chi connectivity index (χ2n) is 6.89. The average molecular weight is 450 g/mol. The summed E-state index contributed by atoms with van der Waals surface area (Å²) in [5.41, 5.74) is 1.13. The average Bonchev–Trinajstić information content (AvgIpc) is 3.40. The van der Waals surface area contributed by atoms with Crippen molar-refractivity contribution in [2.24, 2.45) is 0 Å². The standard InChI is InChI=1S/C19H17Cl2N5O4/c20-12-2-1-11-13(25-4-3-22-9-25)6-15(24-18(11)17(12)21)26-7-10(23-16(28)8-27)5-14(26)19(29)30/h1-4,6,9-10,14,27H,5,7-8H2,(H,23,28)(H,29,30)/t10-,14+/m1/s1. The van der Waals surface area contributed by atoms with Gasteiger partial charge in [-0.3, -0.25) is 4.79 Å². The highest BCUT2D eigenvalue weighted by Gasteiger charge is 2.38. The number of imidazole rings is 1. The van der Waals surface area contributed by atoms with Crippen LogP contribution in [0, 0.1) is 0 Å². The zero-order valence-corrected chi connectivity index (χ0v) is 17.0. The Kier molecular flexibility index (Phi) is 5.50. The predicted octanol–water partition coefficient (Wildman–Crippen LogP) is 1.87. The van der Waals surface area contributed by atoms with Crippen LogP contribution in [-0.4, -0.2) is 61.9 Å². The van der Waals surface area contributed by atoms with E-state index >= 15 is 0 Å². The minimum Gasteiger partial charge on any atom is -0.480 e. The summed E-state index contributed by atoms with van der Waals surface area (Å²) in [6, 6.07) is 3.85. The van der Waals surface area contributed by atoms with E-state index in [1.165, 1.54) is 0 Å². The quantitative estimate of drug-likeness (QED) is 0.543. The van der Waals surface area contributed by atoms with E-state index in [1.54, 1.807) is 46.4 Å². The van der Waals surface area contributed by atoms with Gasteiger partial charge in [-0.05, 0) is 12.1 Å². The van der Waals surface area contributed by atoms with Gasteiger partial charge in [0, 0.05) is 42.9 Å². The maximum Gasteiger partial charge on any atom is 0.326 e. The lowest BCUT2D eigenvalue weighted by atomic mass is 10.1. The Morgan fingerprint density at radius 1 is 1.30 bits per heavy atom. The van der Waals surface area contributed by atoms with Crippen LogP contribution in [0.5, 0.6) is 0 Å². The topological polar surface area (TPSA) is 121 Å². The van der Waals surface area contributed by atoms with E-state index < -0.39 is 30.6 Å². The maximum atomic E-state index is 11.9. The van der Waals surface area contributed by atoms with Crippen molar-refractivity contribution in [1.82, 2.24) is 19.9 Å². The van der Waals surface area contributed by atoms with Crippen molar-refractivity contribution in [2.45, 2.75) is 18.5 Å². The van der Waals surface area contributed by atoms with E-state index in [-0.39, 0.29) is 18.0 Å². The monoisotopic (exact) mass is 449 g/mol. The number of rotatable bonds is 5. The summed E-state index contributed by atoms with van der Waals surface area (Å²) in [5.74, 6) is -1.23. The number of carboxylic acid groups (broad SMARTS) is 1. The minimum absolute atomic E-state index is 0.171. The van der Waals surface area contributed by atoms with E-state index in [9.17, 15) is 14.7 Å². The van der Waals surface area contributed by atoms with Crippen LogP contribution >= 0.6 is 23.2 Å². The fourth-order valence-electron chi connectivity index (χ4n) is 3.67. The highest BCUT2D eigenvalue weighted by atomic mass is 35.5. The summed E-state index contributed by atoms with van der Waals surface area (Å²) in [6.07, 6.45) is 5.16. The first kappa shape index (κ1) is 20.4. The largest absolute Gasteiger partial charge is 0.480 e. The number of carboxylic acids is 1. The molecule has 2 aromatic heterocycles. The van der Waals surface area contributed by atoms with Gasteiger partial charge in [0.2, 0.25) is 5.91 Å². The Morgan fingerprint density at radius 2 is 2.10 bits per heavy atom. The van der Waals surface area contributed by atoms with Gasteiger partial charge >= 0.3 is 5.97 Å². The number of aliphatic carboxylic acids is 1. The van der Waals surface area contributed by atoms with Gasteiger partial charge in [0.1, 0.15) is 18.5 Å². The van der Waals surface area contributed by atoms with Crippen LogP contribution < -0.4 is 10.2 Å². The Hall–Kier alpha value is -2.88. The van der Waals surface area contributed by atoms with Crippen molar-refractivity contribution in [1.29, 1.82) is 0 Å². The number of carbonyl (C=O) groups is 2. The Labute approximate surface area is 180 Å². The molecule has 11 heteroatoms. The maximum absolute atomic E-state index is 11.9. The summed E-state index contributed by atoms with van der Waals surface area (Å²) in [5, 5.41) is 22.6. The third-order valence-corrected chi connectivity index (χ3v) is 5.80. The lowest BCUT2D eigenvalue weighted by Gasteiger charge is -2.24. The smallest absolute Gasteiger partial charge is 0.326 e. The van der Waals surface area contributed by atoms with E-state index in [0.29, 0.717) is 22.0 Å². The number of nitrogens with one attached hydrogen (secondary N) is 1. The highest BCUT2D eigenvalue weighted by Crippen LogP contribution is 2.36. The molecule has 1 fully saturated rings. The van der Waals surface area contributed by atoms with Crippen molar-refractivity contribution < 1.29 is 19.8 Å². The van der Waals surface area contributed by atoms with Crippen LogP contribution in [0.1, 0.15) is 6.42 Å². The molecule has 4 rings (SSSR count). The second-order valence-corrected chi connectivity index (χ2v) is 7.68. The molecule has 3 heterocycles. The number of amides is 1. The SMILES string of the molecule is O=C(CO)N[C@@H]1C[C@@H](C(=O)O)N(c2cc(-n3ccnc3)c3ccc(Cl)c(Cl)c3n2)C1. The Bertz CT molecular complexity index is 1120. The first-order valence-electron chi connectivity index (χ1n) is 9.05. The van der Waals surface area contributed by atoms with Crippen molar-refractivity contribution in [3.8, 4) is 5.69 Å². The van der Waals surface area contributed by atoms with Crippen LogP contribution in [-0.2, 0) is 9.59 Å². The molecule has 1 aliphatic heterocycles. The van der Waals surface area contributed by atoms with Gasteiger partial charge in [0.05, 0.1) is 27.6 Å². The number of aromatic nitrogens is 3. The van der Waals surface area contributed by atoms with E-state index in [0.717, 1.165) is 5.39 Å². The van der Waals surface area contributed by atoms with Crippen molar-refractivity contribution in [2.75, 3.05) is 18.1 Å². The van der Waals surface area contributed by atoms with Crippen molar-refractivity contribution >= 4 is 51.8 Å². The number of anilines is 1. The van der Waals surface area contributed by atoms with E-state index in [1.807, 2.05) is 0 Å². The summed E-state index contributed by atoms with van der Waals surface area (Å²) in [4.78, 5) is 33.7. The van der Waals surface area contributed by atoms with Crippen LogP contribution in [0.15, 0.2) is 36.9 Å². The molecule has 156 valence electrons. The lowest BCUT2D eigenvalue weighted by Crippen LogP contribution is -2.39. The first-order valence-corrected chi connectivity index (χ1v) is 9.81. The van der Waals surface area contributed by atoms with Gasteiger partial charge in [-0.15, -0.1) is 0 Å². The number of aliphatic hydroxyl groups excluding tert-OH is 1. The zero-order valence-electron chi connectivity index (χ0n) is 15.5. The number of hydrogen-bond acceptors (Lipinski definition) is 6. The summed E-state index contributed by atoms with van der Waals surface area (Å²) in [6.45, 7) is -0.454. The molecule has 1 saturated heterocycles. The fraction of sp³-hybridized carbons (Fsp3) is 0.263. The van der Waals surface area contributed by atoms with Gasteiger partial charge in [0.15, 0.2) is 0 Å². The number of fused-ring (bicyclic) bond motifs is 1. The van der Waals surface area contributed by atoms with Gasteiger partial charge in [0.25, 0.3) is 0 Å². The number of pyridine rings is 1. The van der Waals surface area contributed by atoms with Gasteiger partial charge in [-0.25, -0.2) is 14.8 Å². The Morgan fingerprint density at radius 3 is 2.77 bits per heavy atom. The molecular weight excluding hydrogens is 433 g/mol. The molecule has 0 bridgehead atoms. The Balaban J connectivity index is 1.84. The molecule has 9 nitrogen and oxygen atoms in total. The third-order valence-electron chi connectivity index (χ3n) is 5.01. The molecule has 1 aromatic carbocycles. The number of hydrogen-bond donors (Lipinski definition) is 3. The molecule has 0 aliphatic carbocycles. The molecule has 0 radical (unpaired) electrons. The number of benzene rings is 1. The number of aliphatic hydroxyl groups is 1. The van der Waals surface area contributed by atoms with Crippen LogP contribution in [0.3, 0.4) is 0 Å². The van der Waals surface area contributed by atoms with Crippen LogP contribution in [0.25, 0.3) is 16.6 Å². The molecular formula is C19H17Cl2N5O4. The molecule has 3 N–H and O–H groups in total. The predicted molar refractivity (Wildman–Crippen MR) is 111 cm³/mol. The van der Waals surface area contributed by atoms with Gasteiger partial charge in [-0.1, -0.05) is 23.2 Å². The first-order chi connectivity index (χ1) is 14.4. The molecule has 1 aliphatic rings. The van der Waals surface area contributed by atoms with Crippen LogP contribution in [0.2, 0.25) is 10.0 Å². The number of carbonyl (C=O) groups excluding carboxylic acids is 1. The minimum atomic E-state index is -1.04. The van der Waals surface area contributed by atoms with E-state index in [2.05, 4.69) is 15.3 Å². The van der Waals surface area contributed by atoms with Crippen molar-refractivity contribution in [3.63, 3.8) is 0 Å². The van der Waals surface area contributed by atoms with Gasteiger partial charge in [-0.2, -0.15) is 0 Å². The summed E-state index contributed by atoms with van der Waals surface area (Å²) >= 11 is 12.6. The molecule has 30 heavy (non-hydrogen) atoms. The molecule has 3 aromatic rings. The third kappa shape index (κ3) is 3.67. The second kappa shape index (κ2) is 8.10. The summed E-state index contributed by atoms with van der Waals surface area (Å²) < 4.78 is 1.77. The lowest BCUT2D eigenvalue weighted by molar-refractivity contribution is -0.138. The molecule has 1 amide bonds. The molecule has 0 saturated carbocycles. The van der Waals surface area contributed by atoms with Gasteiger partial charge < -0.3 is 25.0 Å². The number of nitrogens with zero attached hydrogens (tertiary/aromatic N) is 4. The van der Waals surface area contributed by atoms with E-state index in [4.69, 9.17) is 28.3 Å². The van der Waals surface area contributed by atoms with Crippen LogP contribution in [0.4, 0.5) is 5.82 Å². The summed E-state index contributed by atoms with van der Waals surface area (Å²) in [7, 11) is 0. The number of halogens is 2.